The molecule has 0 unspecified atom stereocenters. The zero-order valence-electron chi connectivity index (χ0n) is 13.2. The van der Waals surface area contributed by atoms with Crippen molar-refractivity contribution in [1.29, 1.82) is 5.26 Å². The number of nitrogens with zero attached hydrogens (tertiary/aromatic N) is 4. The highest BCUT2D eigenvalue weighted by atomic mass is 35.5. The first-order valence-electron chi connectivity index (χ1n) is 7.57. The van der Waals surface area contributed by atoms with Gasteiger partial charge in [-0.05, 0) is 37.3 Å². The molecule has 3 rings (SSSR count). The van der Waals surface area contributed by atoms with Gasteiger partial charge in [-0.25, -0.2) is 0 Å². The van der Waals surface area contributed by atoms with Crippen molar-refractivity contribution in [3.8, 4) is 17.3 Å². The largest absolute Gasteiger partial charge is 0.346 e. The van der Waals surface area contributed by atoms with E-state index in [-0.39, 0.29) is 6.04 Å². The van der Waals surface area contributed by atoms with E-state index in [2.05, 4.69) is 22.7 Å². The van der Waals surface area contributed by atoms with E-state index in [4.69, 9.17) is 28.5 Å². The van der Waals surface area contributed by atoms with E-state index in [0.717, 1.165) is 23.5 Å². The molecule has 0 saturated heterocycles. The van der Waals surface area contributed by atoms with Crippen molar-refractivity contribution >= 4 is 23.2 Å². The van der Waals surface area contributed by atoms with Crippen molar-refractivity contribution in [3.63, 3.8) is 0 Å². The Balaban J connectivity index is 1.79. The second-order valence-corrected chi connectivity index (χ2v) is 6.29. The lowest BCUT2D eigenvalue weighted by Crippen LogP contribution is -2.14. The molecule has 122 valence electrons. The van der Waals surface area contributed by atoms with Crippen molar-refractivity contribution in [2.75, 3.05) is 0 Å². The van der Waals surface area contributed by atoms with Crippen LogP contribution in [0.25, 0.3) is 11.3 Å². The summed E-state index contributed by atoms with van der Waals surface area (Å²) in [6.07, 6.45) is 3.98. The van der Waals surface area contributed by atoms with Crippen molar-refractivity contribution in [3.05, 3.63) is 65.1 Å². The number of benzene rings is 1. The van der Waals surface area contributed by atoms with E-state index in [9.17, 15) is 0 Å². The van der Waals surface area contributed by atoms with Crippen LogP contribution in [0.1, 0.15) is 24.2 Å². The van der Waals surface area contributed by atoms with Gasteiger partial charge in [-0.1, -0.05) is 17.7 Å². The van der Waals surface area contributed by atoms with E-state index < -0.39 is 0 Å². The molecule has 1 aromatic carbocycles. The quantitative estimate of drug-likeness (QED) is 0.610. The molecule has 0 N–H and O–H groups in total. The standard InChI is InChI=1S/C18H16Cl2N4/c1-13(24-7-2-3-16(24)10-19)12-23-8-6-18(22-23)14-4-5-15(11-21)17(20)9-14/h2-9,13H,10,12H2,1H3/t13-/m0/s1. The molecule has 0 aliphatic carbocycles. The van der Waals surface area contributed by atoms with Crippen LogP contribution < -0.4 is 0 Å². The maximum atomic E-state index is 8.95. The van der Waals surface area contributed by atoms with Crippen LogP contribution in [0, 0.1) is 11.3 Å². The second-order valence-electron chi connectivity index (χ2n) is 5.62. The Morgan fingerprint density at radius 1 is 1.25 bits per heavy atom. The molecular formula is C18H16Cl2N4. The molecule has 0 bridgehead atoms. The molecule has 0 saturated carbocycles. The number of nitriles is 1. The Kier molecular flexibility index (Phi) is 4.94. The van der Waals surface area contributed by atoms with Gasteiger partial charge in [0.05, 0.1) is 34.7 Å². The Labute approximate surface area is 150 Å². The highest BCUT2D eigenvalue weighted by molar-refractivity contribution is 6.32. The lowest BCUT2D eigenvalue weighted by Gasteiger charge is -2.16. The number of rotatable bonds is 5. The predicted molar refractivity (Wildman–Crippen MR) is 96.1 cm³/mol. The Morgan fingerprint density at radius 2 is 2.08 bits per heavy atom. The van der Waals surface area contributed by atoms with Crippen LogP contribution in [0.15, 0.2) is 48.8 Å². The summed E-state index contributed by atoms with van der Waals surface area (Å²) in [5.74, 6) is 0.492. The van der Waals surface area contributed by atoms with E-state index in [1.54, 1.807) is 12.1 Å². The maximum Gasteiger partial charge on any atom is 0.101 e. The normalized spacial score (nSPS) is 12.1. The maximum absolute atomic E-state index is 8.95. The Hall–Kier alpha value is -2.22. The van der Waals surface area contributed by atoms with Gasteiger partial charge in [-0.2, -0.15) is 10.4 Å². The lowest BCUT2D eigenvalue weighted by molar-refractivity contribution is 0.432. The van der Waals surface area contributed by atoms with Crippen LogP contribution in [-0.4, -0.2) is 14.3 Å². The fourth-order valence-corrected chi connectivity index (χ4v) is 3.16. The van der Waals surface area contributed by atoms with Crippen molar-refractivity contribution in [2.24, 2.45) is 0 Å². The highest BCUT2D eigenvalue weighted by Gasteiger charge is 2.11. The van der Waals surface area contributed by atoms with Crippen LogP contribution in [0.3, 0.4) is 0 Å². The van der Waals surface area contributed by atoms with Crippen LogP contribution >= 0.6 is 23.2 Å². The van der Waals surface area contributed by atoms with Gasteiger partial charge in [0.25, 0.3) is 0 Å². The van der Waals surface area contributed by atoms with Gasteiger partial charge in [0.15, 0.2) is 0 Å². The number of aromatic nitrogens is 3. The van der Waals surface area contributed by atoms with Gasteiger partial charge in [-0.3, -0.25) is 4.68 Å². The van der Waals surface area contributed by atoms with Crippen LogP contribution in [-0.2, 0) is 12.4 Å². The number of halogens is 2. The fourth-order valence-electron chi connectivity index (χ4n) is 2.71. The third-order valence-electron chi connectivity index (χ3n) is 3.96. The Morgan fingerprint density at radius 3 is 2.79 bits per heavy atom. The molecule has 2 aromatic heterocycles. The van der Waals surface area contributed by atoms with E-state index in [1.807, 2.05) is 41.3 Å². The minimum absolute atomic E-state index is 0.242. The topological polar surface area (TPSA) is 46.5 Å². The van der Waals surface area contributed by atoms with Gasteiger partial charge in [0.1, 0.15) is 6.07 Å². The molecule has 0 spiro atoms. The Bertz CT molecular complexity index is 889. The molecule has 0 radical (unpaired) electrons. The molecule has 24 heavy (non-hydrogen) atoms. The molecule has 2 heterocycles. The zero-order chi connectivity index (χ0) is 17.1. The zero-order valence-corrected chi connectivity index (χ0v) is 14.7. The minimum Gasteiger partial charge on any atom is -0.346 e. The van der Waals surface area contributed by atoms with Crippen LogP contribution in [0.2, 0.25) is 5.02 Å². The van der Waals surface area contributed by atoms with E-state index >= 15 is 0 Å². The first-order chi connectivity index (χ1) is 11.6. The molecule has 6 heteroatoms. The predicted octanol–water partition coefficient (Wildman–Crippen LogP) is 4.88. The summed E-state index contributed by atoms with van der Waals surface area (Å²) in [4.78, 5) is 0. The average Bonchev–Trinajstić information content (AvgIpc) is 3.23. The molecule has 0 amide bonds. The molecule has 0 aliphatic heterocycles. The summed E-state index contributed by atoms with van der Waals surface area (Å²) in [6.45, 7) is 2.87. The highest BCUT2D eigenvalue weighted by Crippen LogP contribution is 2.24. The van der Waals surface area contributed by atoms with Gasteiger partial charge in [0, 0.05) is 23.7 Å². The van der Waals surface area contributed by atoms with Crippen LogP contribution in [0.4, 0.5) is 0 Å². The molecule has 3 aromatic rings. The average molecular weight is 359 g/mol. The van der Waals surface area contributed by atoms with Gasteiger partial charge in [-0.15, -0.1) is 11.6 Å². The van der Waals surface area contributed by atoms with Gasteiger partial charge < -0.3 is 4.57 Å². The summed E-state index contributed by atoms with van der Waals surface area (Å²) in [5, 5.41) is 14.0. The summed E-state index contributed by atoms with van der Waals surface area (Å²) < 4.78 is 4.07. The molecule has 0 aliphatic rings. The van der Waals surface area contributed by atoms with Gasteiger partial charge >= 0.3 is 0 Å². The second kappa shape index (κ2) is 7.12. The number of alkyl halides is 1. The molecular weight excluding hydrogens is 343 g/mol. The number of hydrogen-bond acceptors (Lipinski definition) is 2. The third-order valence-corrected chi connectivity index (χ3v) is 4.54. The van der Waals surface area contributed by atoms with Crippen molar-refractivity contribution < 1.29 is 0 Å². The summed E-state index contributed by atoms with van der Waals surface area (Å²) in [5.41, 5.74) is 3.29. The summed E-state index contributed by atoms with van der Waals surface area (Å²) >= 11 is 12.1. The minimum atomic E-state index is 0.242. The molecule has 1 atom stereocenters. The van der Waals surface area contributed by atoms with Crippen molar-refractivity contribution in [2.45, 2.75) is 25.4 Å². The van der Waals surface area contributed by atoms with E-state index in [1.165, 1.54) is 0 Å². The lowest BCUT2D eigenvalue weighted by atomic mass is 10.1. The third kappa shape index (κ3) is 3.33. The summed E-state index contributed by atoms with van der Waals surface area (Å²) in [7, 11) is 0. The van der Waals surface area contributed by atoms with Crippen molar-refractivity contribution in [1.82, 2.24) is 14.3 Å². The van der Waals surface area contributed by atoms with Crippen LogP contribution in [0.5, 0.6) is 0 Å². The monoisotopic (exact) mass is 358 g/mol. The smallest absolute Gasteiger partial charge is 0.101 e. The SMILES string of the molecule is C[C@@H](Cn1ccc(-c2ccc(C#N)c(Cl)c2)n1)n1cccc1CCl. The van der Waals surface area contributed by atoms with Gasteiger partial charge in [0.2, 0.25) is 0 Å². The fraction of sp³-hybridized carbons (Fsp3) is 0.222. The molecule has 4 nitrogen and oxygen atoms in total. The summed E-state index contributed by atoms with van der Waals surface area (Å²) in [6, 6.07) is 13.6. The first-order valence-corrected chi connectivity index (χ1v) is 8.48. The molecule has 0 fully saturated rings. The number of hydrogen-bond donors (Lipinski definition) is 0. The first kappa shape index (κ1) is 16.6. The van der Waals surface area contributed by atoms with E-state index in [0.29, 0.717) is 16.5 Å².